The van der Waals surface area contributed by atoms with Gasteiger partial charge in [0.1, 0.15) is 0 Å². The molecule has 0 amide bonds. The molecule has 0 aliphatic carbocycles. The van der Waals surface area contributed by atoms with E-state index in [-0.39, 0.29) is 0 Å². The van der Waals surface area contributed by atoms with Gasteiger partial charge in [-0.25, -0.2) is 9.97 Å². The lowest BCUT2D eigenvalue weighted by Crippen LogP contribution is -1.97. The summed E-state index contributed by atoms with van der Waals surface area (Å²) in [6, 6.07) is 18.2. The average Bonchev–Trinajstić information content (AvgIpc) is 3.14. The van der Waals surface area contributed by atoms with Crippen LogP contribution in [0.3, 0.4) is 0 Å². The standard InChI is InChI=1S/C21H18ClN3S/c1-2-11-23-21-24-13-19(26-21)16-12-14-7-3-6-10-18(14)25-20(16)15-8-4-5-9-17(15)22/h3-10,12-13H,2,11H2,1H3,(H,23,24). The Kier molecular flexibility index (Phi) is 4.87. The molecule has 0 spiro atoms. The molecule has 0 fully saturated rings. The van der Waals surface area contributed by atoms with E-state index in [0.29, 0.717) is 5.02 Å². The lowest BCUT2D eigenvalue weighted by Gasteiger charge is -2.11. The first-order valence-electron chi connectivity index (χ1n) is 8.61. The van der Waals surface area contributed by atoms with Gasteiger partial charge in [0.25, 0.3) is 0 Å². The van der Waals surface area contributed by atoms with Gasteiger partial charge in [-0.2, -0.15) is 0 Å². The highest BCUT2D eigenvalue weighted by Gasteiger charge is 2.15. The van der Waals surface area contributed by atoms with Crippen LogP contribution < -0.4 is 5.32 Å². The van der Waals surface area contributed by atoms with E-state index in [1.54, 1.807) is 11.3 Å². The molecule has 1 N–H and O–H groups in total. The summed E-state index contributed by atoms with van der Waals surface area (Å²) >= 11 is 8.12. The monoisotopic (exact) mass is 379 g/mol. The van der Waals surface area contributed by atoms with E-state index >= 15 is 0 Å². The predicted molar refractivity (Wildman–Crippen MR) is 112 cm³/mol. The zero-order valence-corrected chi connectivity index (χ0v) is 15.9. The molecule has 2 aromatic heterocycles. The highest BCUT2D eigenvalue weighted by Crippen LogP contribution is 2.39. The number of benzene rings is 2. The first-order chi connectivity index (χ1) is 12.8. The van der Waals surface area contributed by atoms with E-state index in [2.05, 4.69) is 29.4 Å². The molecule has 0 radical (unpaired) electrons. The third-order valence-corrected chi connectivity index (χ3v) is 5.47. The molecule has 2 heterocycles. The van der Waals surface area contributed by atoms with Gasteiger partial charge in [0.05, 0.1) is 16.1 Å². The summed E-state index contributed by atoms with van der Waals surface area (Å²) in [6.07, 6.45) is 2.98. The maximum absolute atomic E-state index is 6.48. The minimum Gasteiger partial charge on any atom is -0.362 e. The molecule has 0 atom stereocenters. The second kappa shape index (κ2) is 7.44. The van der Waals surface area contributed by atoms with Gasteiger partial charge in [-0.15, -0.1) is 0 Å². The van der Waals surface area contributed by atoms with Gasteiger partial charge in [0.2, 0.25) is 0 Å². The van der Waals surface area contributed by atoms with Crippen LogP contribution in [0.25, 0.3) is 32.6 Å². The van der Waals surface area contributed by atoms with Crippen molar-refractivity contribution in [2.75, 3.05) is 11.9 Å². The van der Waals surface area contributed by atoms with Crippen LogP contribution in [0.5, 0.6) is 0 Å². The van der Waals surface area contributed by atoms with Crippen molar-refractivity contribution in [3.05, 3.63) is 65.8 Å². The Morgan fingerprint density at radius 1 is 1.04 bits per heavy atom. The second-order valence-electron chi connectivity index (χ2n) is 6.01. The number of rotatable bonds is 5. The van der Waals surface area contributed by atoms with Gasteiger partial charge in [-0.1, -0.05) is 66.3 Å². The van der Waals surface area contributed by atoms with Crippen molar-refractivity contribution in [3.63, 3.8) is 0 Å². The van der Waals surface area contributed by atoms with E-state index in [0.717, 1.165) is 50.7 Å². The second-order valence-corrected chi connectivity index (χ2v) is 7.45. The van der Waals surface area contributed by atoms with Crippen molar-refractivity contribution in [3.8, 4) is 21.7 Å². The number of thiazole rings is 1. The van der Waals surface area contributed by atoms with Crippen molar-refractivity contribution in [1.82, 2.24) is 9.97 Å². The zero-order valence-electron chi connectivity index (χ0n) is 14.4. The van der Waals surface area contributed by atoms with Crippen molar-refractivity contribution in [2.45, 2.75) is 13.3 Å². The molecule has 0 saturated carbocycles. The Balaban J connectivity index is 1.90. The lowest BCUT2D eigenvalue weighted by atomic mass is 10.0. The Hall–Kier alpha value is -2.43. The molecule has 0 bridgehead atoms. The maximum atomic E-state index is 6.48. The van der Waals surface area contributed by atoms with Crippen LogP contribution in [-0.2, 0) is 0 Å². The molecular formula is C21H18ClN3S. The summed E-state index contributed by atoms with van der Waals surface area (Å²) in [5.41, 5.74) is 3.84. The van der Waals surface area contributed by atoms with Crippen molar-refractivity contribution in [2.24, 2.45) is 0 Å². The van der Waals surface area contributed by atoms with E-state index < -0.39 is 0 Å². The van der Waals surface area contributed by atoms with Gasteiger partial charge >= 0.3 is 0 Å². The van der Waals surface area contributed by atoms with Crippen LogP contribution in [0, 0.1) is 0 Å². The summed E-state index contributed by atoms with van der Waals surface area (Å²) in [6.45, 7) is 3.06. The summed E-state index contributed by atoms with van der Waals surface area (Å²) in [5.74, 6) is 0. The third-order valence-electron chi connectivity index (χ3n) is 4.15. The molecule has 26 heavy (non-hydrogen) atoms. The number of nitrogens with one attached hydrogen (secondary N) is 1. The van der Waals surface area contributed by atoms with E-state index in [4.69, 9.17) is 16.6 Å². The Morgan fingerprint density at radius 3 is 2.69 bits per heavy atom. The van der Waals surface area contributed by atoms with Gasteiger partial charge in [-0.05, 0) is 24.6 Å². The maximum Gasteiger partial charge on any atom is 0.183 e. The van der Waals surface area contributed by atoms with Crippen molar-refractivity contribution in [1.29, 1.82) is 0 Å². The van der Waals surface area contributed by atoms with Crippen molar-refractivity contribution >= 4 is 39.0 Å². The summed E-state index contributed by atoms with van der Waals surface area (Å²) < 4.78 is 0. The lowest BCUT2D eigenvalue weighted by molar-refractivity contribution is 0.976. The number of hydrogen-bond donors (Lipinski definition) is 1. The van der Waals surface area contributed by atoms with Crippen molar-refractivity contribution < 1.29 is 0 Å². The first kappa shape index (κ1) is 17.0. The fourth-order valence-corrected chi connectivity index (χ4v) is 3.96. The fraction of sp³-hybridized carbons (Fsp3) is 0.143. The van der Waals surface area contributed by atoms with Gasteiger partial charge in [-0.3, -0.25) is 0 Å². The molecule has 0 aliphatic heterocycles. The number of nitrogens with zero attached hydrogens (tertiary/aromatic N) is 2. The van der Waals surface area contributed by atoms with Crippen LogP contribution in [0.4, 0.5) is 5.13 Å². The summed E-state index contributed by atoms with van der Waals surface area (Å²) in [7, 11) is 0. The number of anilines is 1. The van der Waals surface area contributed by atoms with Crippen LogP contribution in [0.1, 0.15) is 13.3 Å². The van der Waals surface area contributed by atoms with Gasteiger partial charge < -0.3 is 5.32 Å². The first-order valence-corrected chi connectivity index (χ1v) is 9.80. The van der Waals surface area contributed by atoms with E-state index in [9.17, 15) is 0 Å². The number of hydrogen-bond acceptors (Lipinski definition) is 4. The zero-order chi connectivity index (χ0) is 17.9. The normalized spacial score (nSPS) is 11.0. The van der Waals surface area contributed by atoms with Crippen LogP contribution in [0.15, 0.2) is 60.8 Å². The largest absolute Gasteiger partial charge is 0.362 e. The highest BCUT2D eigenvalue weighted by molar-refractivity contribution is 7.18. The minimum absolute atomic E-state index is 0.699. The van der Waals surface area contributed by atoms with Gasteiger partial charge in [0, 0.05) is 34.3 Å². The fourth-order valence-electron chi connectivity index (χ4n) is 2.87. The number of para-hydroxylation sites is 1. The van der Waals surface area contributed by atoms with Crippen LogP contribution in [0.2, 0.25) is 5.02 Å². The molecule has 0 unspecified atom stereocenters. The Labute approximate surface area is 161 Å². The average molecular weight is 380 g/mol. The number of pyridine rings is 1. The molecule has 4 aromatic rings. The number of fused-ring (bicyclic) bond motifs is 1. The summed E-state index contributed by atoms with van der Waals surface area (Å²) in [4.78, 5) is 10.5. The SMILES string of the molecule is CCCNc1ncc(-c2cc3ccccc3nc2-c2ccccc2Cl)s1. The summed E-state index contributed by atoms with van der Waals surface area (Å²) in [5, 5.41) is 6.09. The molecule has 0 saturated heterocycles. The topological polar surface area (TPSA) is 37.8 Å². The molecule has 2 aromatic carbocycles. The molecular weight excluding hydrogens is 362 g/mol. The van der Waals surface area contributed by atoms with Gasteiger partial charge in [0.15, 0.2) is 5.13 Å². The molecule has 5 heteroatoms. The predicted octanol–water partition coefficient (Wildman–Crippen LogP) is 6.50. The van der Waals surface area contributed by atoms with E-state index in [1.807, 2.05) is 48.7 Å². The Bertz CT molecular complexity index is 1060. The smallest absolute Gasteiger partial charge is 0.183 e. The molecule has 4 rings (SSSR count). The molecule has 130 valence electrons. The Morgan fingerprint density at radius 2 is 1.85 bits per heavy atom. The highest BCUT2D eigenvalue weighted by atomic mass is 35.5. The van der Waals surface area contributed by atoms with Crippen LogP contribution >= 0.6 is 22.9 Å². The van der Waals surface area contributed by atoms with E-state index in [1.165, 1.54) is 0 Å². The number of halogens is 1. The minimum atomic E-state index is 0.699. The van der Waals surface area contributed by atoms with Crippen LogP contribution in [-0.4, -0.2) is 16.5 Å². The number of aromatic nitrogens is 2. The quantitative estimate of drug-likeness (QED) is 0.430. The third kappa shape index (κ3) is 3.30. The molecule has 0 aliphatic rings. The molecule has 3 nitrogen and oxygen atoms in total.